The van der Waals surface area contributed by atoms with Gasteiger partial charge in [0.05, 0.1) is 9.35 Å². The number of thiophene rings is 1. The molecule has 0 aliphatic heterocycles. The summed E-state index contributed by atoms with van der Waals surface area (Å²) in [4.78, 5) is 0. The van der Waals surface area contributed by atoms with Crippen LogP contribution in [0.25, 0.3) is 0 Å². The van der Waals surface area contributed by atoms with Crippen LogP contribution in [0.3, 0.4) is 0 Å². The first-order chi connectivity index (χ1) is 4.91. The quantitative estimate of drug-likeness (QED) is 0.615. The van der Waals surface area contributed by atoms with Crippen molar-refractivity contribution in [2.24, 2.45) is 0 Å². The lowest BCUT2D eigenvalue weighted by molar-refractivity contribution is -0.137. The van der Waals surface area contributed by atoms with E-state index in [0.717, 1.165) is 0 Å². The maximum Gasteiger partial charge on any atom is 0.418 e. The van der Waals surface area contributed by atoms with Crippen LogP contribution in [0, 0.1) is 5.13 Å². The lowest BCUT2D eigenvalue weighted by atomic mass is 10.3. The second-order valence-electron chi connectivity index (χ2n) is 1.74. The van der Waals surface area contributed by atoms with E-state index in [0.29, 0.717) is 17.4 Å². The van der Waals surface area contributed by atoms with Crippen LogP contribution in [0.5, 0.6) is 0 Å². The largest absolute Gasteiger partial charge is 0.418 e. The molecule has 0 atom stereocenters. The fourth-order valence-corrected chi connectivity index (χ4v) is 1.97. The van der Waals surface area contributed by atoms with Gasteiger partial charge in [-0.15, -0.1) is 0 Å². The molecular formula is C5HBrF4S. The van der Waals surface area contributed by atoms with E-state index in [-0.39, 0.29) is 3.79 Å². The van der Waals surface area contributed by atoms with E-state index >= 15 is 0 Å². The minimum absolute atomic E-state index is 0.220. The Morgan fingerprint density at radius 2 is 1.91 bits per heavy atom. The molecule has 0 spiro atoms. The van der Waals surface area contributed by atoms with Crippen LogP contribution in [0.4, 0.5) is 17.6 Å². The predicted octanol–water partition coefficient (Wildman–Crippen LogP) is 3.67. The molecule has 11 heavy (non-hydrogen) atoms. The Kier molecular flexibility index (Phi) is 2.24. The second-order valence-corrected chi connectivity index (χ2v) is 4.06. The molecule has 1 aromatic heterocycles. The van der Waals surface area contributed by atoms with Gasteiger partial charge in [-0.2, -0.15) is 17.6 Å². The van der Waals surface area contributed by atoms with Gasteiger partial charge >= 0.3 is 6.18 Å². The molecule has 1 rings (SSSR count). The summed E-state index contributed by atoms with van der Waals surface area (Å²) < 4.78 is 47.6. The SMILES string of the molecule is Fc1cc(C(F)(F)F)c(Br)s1. The van der Waals surface area contributed by atoms with E-state index in [9.17, 15) is 17.6 Å². The van der Waals surface area contributed by atoms with E-state index in [2.05, 4.69) is 15.9 Å². The highest BCUT2D eigenvalue weighted by molar-refractivity contribution is 9.11. The molecule has 0 saturated carbocycles. The number of rotatable bonds is 0. The van der Waals surface area contributed by atoms with Gasteiger partial charge in [0.1, 0.15) is 0 Å². The van der Waals surface area contributed by atoms with Gasteiger partial charge in [-0.1, -0.05) is 11.3 Å². The molecule has 0 amide bonds. The average Bonchev–Trinajstić information content (AvgIpc) is 2.08. The molecule has 0 saturated heterocycles. The molecule has 0 aliphatic carbocycles. The summed E-state index contributed by atoms with van der Waals surface area (Å²) in [6.45, 7) is 0. The minimum Gasteiger partial charge on any atom is -0.195 e. The first kappa shape index (κ1) is 8.99. The molecule has 0 fully saturated rings. The highest BCUT2D eigenvalue weighted by atomic mass is 79.9. The molecule has 6 heteroatoms. The van der Waals surface area contributed by atoms with Gasteiger partial charge in [0.15, 0.2) is 5.13 Å². The molecule has 1 heterocycles. The molecule has 0 bridgehead atoms. The molecule has 62 valence electrons. The monoisotopic (exact) mass is 248 g/mol. The van der Waals surface area contributed by atoms with Crippen molar-refractivity contribution in [3.8, 4) is 0 Å². The van der Waals surface area contributed by atoms with Crippen molar-refractivity contribution in [1.82, 2.24) is 0 Å². The highest BCUT2D eigenvalue weighted by Gasteiger charge is 2.34. The predicted molar refractivity (Wildman–Crippen MR) is 37.0 cm³/mol. The van der Waals surface area contributed by atoms with Gasteiger partial charge in [-0.05, 0) is 22.0 Å². The van der Waals surface area contributed by atoms with Gasteiger partial charge in [0.25, 0.3) is 0 Å². The average molecular weight is 249 g/mol. The lowest BCUT2D eigenvalue weighted by Gasteiger charge is -2.02. The molecular weight excluding hydrogens is 248 g/mol. The van der Waals surface area contributed by atoms with Gasteiger partial charge in [0.2, 0.25) is 0 Å². The topological polar surface area (TPSA) is 0 Å². The van der Waals surface area contributed by atoms with E-state index in [1.165, 1.54) is 0 Å². The normalized spacial score (nSPS) is 12.1. The zero-order valence-corrected chi connectivity index (χ0v) is 7.28. The molecule has 0 radical (unpaired) electrons. The van der Waals surface area contributed by atoms with Crippen molar-refractivity contribution in [3.05, 3.63) is 20.5 Å². The first-order valence-electron chi connectivity index (χ1n) is 2.43. The smallest absolute Gasteiger partial charge is 0.195 e. The summed E-state index contributed by atoms with van der Waals surface area (Å²) in [6, 6.07) is 0.467. The Morgan fingerprint density at radius 1 is 1.36 bits per heavy atom. The lowest BCUT2D eigenvalue weighted by Crippen LogP contribution is -2.03. The van der Waals surface area contributed by atoms with Crippen molar-refractivity contribution in [2.45, 2.75) is 6.18 Å². The molecule has 0 aromatic carbocycles. The molecule has 0 aliphatic rings. The second kappa shape index (κ2) is 2.75. The summed E-state index contributed by atoms with van der Waals surface area (Å²) in [6.07, 6.45) is -4.47. The van der Waals surface area contributed by atoms with Crippen LogP contribution in [-0.2, 0) is 6.18 Å². The van der Waals surface area contributed by atoms with E-state index in [1.54, 1.807) is 0 Å². The fourth-order valence-electron chi connectivity index (χ4n) is 0.534. The number of hydrogen-bond acceptors (Lipinski definition) is 1. The standard InChI is InChI=1S/C5HBrF4S/c6-4-2(5(8,9)10)1-3(7)11-4/h1H. The molecule has 1 aromatic rings. The Hall–Kier alpha value is -0.100. The number of halogens is 5. The van der Waals surface area contributed by atoms with Crippen LogP contribution in [0.15, 0.2) is 9.85 Å². The summed E-state index contributed by atoms with van der Waals surface area (Å²) in [5.74, 6) is 0. The summed E-state index contributed by atoms with van der Waals surface area (Å²) in [7, 11) is 0. The maximum atomic E-state index is 12.2. The molecule has 0 unspecified atom stereocenters. The van der Waals surface area contributed by atoms with E-state index in [4.69, 9.17) is 0 Å². The molecule has 0 N–H and O–H groups in total. The van der Waals surface area contributed by atoms with Crippen molar-refractivity contribution < 1.29 is 17.6 Å². The van der Waals surface area contributed by atoms with Crippen LogP contribution in [0.2, 0.25) is 0 Å². The highest BCUT2D eigenvalue weighted by Crippen LogP contribution is 2.39. The Bertz CT molecular complexity index is 264. The van der Waals surface area contributed by atoms with Gasteiger partial charge < -0.3 is 0 Å². The van der Waals surface area contributed by atoms with Gasteiger partial charge in [-0.25, -0.2) is 0 Å². The Morgan fingerprint density at radius 3 is 2.09 bits per heavy atom. The van der Waals surface area contributed by atoms with Crippen molar-refractivity contribution in [3.63, 3.8) is 0 Å². The minimum atomic E-state index is -4.47. The Balaban J connectivity index is 3.13. The first-order valence-corrected chi connectivity index (χ1v) is 4.04. The molecule has 0 nitrogen and oxygen atoms in total. The van der Waals surface area contributed by atoms with Crippen LogP contribution >= 0.6 is 27.3 Å². The van der Waals surface area contributed by atoms with Gasteiger partial charge in [-0.3, -0.25) is 0 Å². The third kappa shape index (κ3) is 1.93. The van der Waals surface area contributed by atoms with E-state index < -0.39 is 16.9 Å². The summed E-state index contributed by atoms with van der Waals surface area (Å²) in [5.41, 5.74) is -0.958. The van der Waals surface area contributed by atoms with Crippen molar-refractivity contribution in [2.75, 3.05) is 0 Å². The van der Waals surface area contributed by atoms with E-state index in [1.807, 2.05) is 0 Å². The van der Waals surface area contributed by atoms with Gasteiger partial charge in [0, 0.05) is 0 Å². The zero-order chi connectivity index (χ0) is 8.65. The third-order valence-electron chi connectivity index (χ3n) is 0.962. The van der Waals surface area contributed by atoms with Crippen LogP contribution in [-0.4, -0.2) is 0 Å². The van der Waals surface area contributed by atoms with Crippen LogP contribution in [0.1, 0.15) is 5.56 Å². The van der Waals surface area contributed by atoms with Crippen molar-refractivity contribution in [1.29, 1.82) is 0 Å². The van der Waals surface area contributed by atoms with Crippen molar-refractivity contribution >= 4 is 27.3 Å². The summed E-state index contributed by atoms with van der Waals surface area (Å²) in [5, 5.41) is -0.843. The zero-order valence-electron chi connectivity index (χ0n) is 4.88. The maximum absolute atomic E-state index is 12.2. The van der Waals surface area contributed by atoms with Crippen LogP contribution < -0.4 is 0 Å². The third-order valence-corrected chi connectivity index (χ3v) is 2.59. The summed E-state index contributed by atoms with van der Waals surface area (Å²) >= 11 is 3.04. The fraction of sp³-hybridized carbons (Fsp3) is 0.200. The number of alkyl halides is 3. The number of hydrogen-bond donors (Lipinski definition) is 0. The Labute approximate surface area is 72.0 Å².